The summed E-state index contributed by atoms with van der Waals surface area (Å²) in [5, 5.41) is 3.04. The molecule has 0 heterocycles. The Bertz CT molecular complexity index is 258. The second kappa shape index (κ2) is 4.92. The highest BCUT2D eigenvalue weighted by atomic mass is 35.5. The molecule has 2 rings (SSSR count). The van der Waals surface area contributed by atoms with E-state index < -0.39 is 5.54 Å². The van der Waals surface area contributed by atoms with Crippen LogP contribution < -0.4 is 11.1 Å². The van der Waals surface area contributed by atoms with E-state index in [4.69, 9.17) is 5.73 Å². The van der Waals surface area contributed by atoms with Crippen LogP contribution in [-0.2, 0) is 4.79 Å². The fraction of sp³-hybridized carbons (Fsp3) is 0.917. The van der Waals surface area contributed by atoms with Crippen LogP contribution >= 0.6 is 12.4 Å². The SMILES string of the molecule is CC1(CNC(=O)C2(N)CCCC2)CCC1.Cl. The number of carbonyl (C=O) groups excluding carboxylic acids is 1. The summed E-state index contributed by atoms with van der Waals surface area (Å²) in [6.07, 6.45) is 7.70. The van der Waals surface area contributed by atoms with Crippen molar-refractivity contribution in [3.05, 3.63) is 0 Å². The standard InChI is InChI=1S/C12H22N2O.ClH/c1-11(5-4-6-11)9-14-10(15)12(13)7-2-3-8-12;/h2-9,13H2,1H3,(H,14,15);1H. The zero-order valence-electron chi connectivity index (χ0n) is 10.1. The molecule has 3 N–H and O–H groups in total. The number of halogens is 1. The largest absolute Gasteiger partial charge is 0.354 e. The monoisotopic (exact) mass is 246 g/mol. The molecule has 0 aromatic carbocycles. The Labute approximate surface area is 104 Å². The van der Waals surface area contributed by atoms with Crippen LogP contribution in [0.15, 0.2) is 0 Å². The van der Waals surface area contributed by atoms with Gasteiger partial charge in [-0.15, -0.1) is 12.4 Å². The molecule has 2 fully saturated rings. The van der Waals surface area contributed by atoms with Crippen molar-refractivity contribution in [3.63, 3.8) is 0 Å². The molecule has 3 nitrogen and oxygen atoms in total. The number of rotatable bonds is 3. The summed E-state index contributed by atoms with van der Waals surface area (Å²) < 4.78 is 0. The van der Waals surface area contributed by atoms with E-state index in [1.807, 2.05) is 0 Å². The Kier molecular flexibility index (Phi) is 4.24. The molecule has 16 heavy (non-hydrogen) atoms. The Balaban J connectivity index is 0.00000128. The highest BCUT2D eigenvalue weighted by molar-refractivity contribution is 5.86. The van der Waals surface area contributed by atoms with Gasteiger partial charge in [0.25, 0.3) is 0 Å². The van der Waals surface area contributed by atoms with Crippen molar-refractivity contribution in [3.8, 4) is 0 Å². The van der Waals surface area contributed by atoms with Gasteiger partial charge in [0, 0.05) is 6.54 Å². The minimum absolute atomic E-state index is 0. The van der Waals surface area contributed by atoms with Gasteiger partial charge in [0.1, 0.15) is 0 Å². The molecule has 0 radical (unpaired) electrons. The van der Waals surface area contributed by atoms with Crippen molar-refractivity contribution in [1.29, 1.82) is 0 Å². The summed E-state index contributed by atoms with van der Waals surface area (Å²) in [7, 11) is 0. The van der Waals surface area contributed by atoms with Crippen molar-refractivity contribution in [1.82, 2.24) is 5.32 Å². The summed E-state index contributed by atoms with van der Waals surface area (Å²) in [6, 6.07) is 0. The third kappa shape index (κ3) is 2.69. The molecule has 2 aliphatic rings. The normalized spacial score (nSPS) is 25.4. The van der Waals surface area contributed by atoms with E-state index in [-0.39, 0.29) is 18.3 Å². The molecular weight excluding hydrogens is 224 g/mol. The summed E-state index contributed by atoms with van der Waals surface area (Å²) in [6.45, 7) is 3.05. The molecule has 0 spiro atoms. The number of amides is 1. The van der Waals surface area contributed by atoms with Crippen molar-refractivity contribution < 1.29 is 4.79 Å². The number of nitrogens with one attached hydrogen (secondary N) is 1. The van der Waals surface area contributed by atoms with Crippen LogP contribution in [0.25, 0.3) is 0 Å². The molecule has 0 aromatic rings. The number of carbonyl (C=O) groups is 1. The van der Waals surface area contributed by atoms with E-state index in [0.717, 1.165) is 32.2 Å². The highest BCUT2D eigenvalue weighted by Crippen LogP contribution is 2.39. The average Bonchev–Trinajstić information content (AvgIpc) is 2.60. The molecule has 0 aromatic heterocycles. The molecule has 0 atom stereocenters. The molecule has 2 aliphatic carbocycles. The van der Waals surface area contributed by atoms with Crippen molar-refractivity contribution in [2.45, 2.75) is 57.4 Å². The maximum absolute atomic E-state index is 11.9. The molecule has 0 unspecified atom stereocenters. The molecular formula is C12H23ClN2O. The fourth-order valence-corrected chi connectivity index (χ4v) is 2.66. The van der Waals surface area contributed by atoms with Gasteiger partial charge in [-0.25, -0.2) is 0 Å². The number of hydrogen-bond donors (Lipinski definition) is 2. The Hall–Kier alpha value is -0.280. The first kappa shape index (κ1) is 13.8. The minimum Gasteiger partial charge on any atom is -0.354 e. The van der Waals surface area contributed by atoms with E-state index in [0.29, 0.717) is 5.41 Å². The molecule has 0 bridgehead atoms. The fourth-order valence-electron chi connectivity index (χ4n) is 2.66. The maximum atomic E-state index is 11.9. The molecule has 2 saturated carbocycles. The first-order chi connectivity index (χ1) is 7.04. The first-order valence-corrected chi connectivity index (χ1v) is 6.11. The van der Waals surface area contributed by atoms with Crippen molar-refractivity contribution in [2.75, 3.05) is 6.54 Å². The smallest absolute Gasteiger partial charge is 0.240 e. The van der Waals surface area contributed by atoms with Crippen molar-refractivity contribution >= 4 is 18.3 Å². The number of nitrogens with two attached hydrogens (primary N) is 1. The van der Waals surface area contributed by atoms with E-state index >= 15 is 0 Å². The molecule has 4 heteroatoms. The van der Waals surface area contributed by atoms with Gasteiger partial charge in [0.2, 0.25) is 5.91 Å². The second-order valence-electron chi connectivity index (χ2n) is 5.71. The summed E-state index contributed by atoms with van der Waals surface area (Å²) in [5.41, 5.74) is 5.88. The number of hydrogen-bond acceptors (Lipinski definition) is 2. The van der Waals surface area contributed by atoms with Gasteiger partial charge >= 0.3 is 0 Å². The lowest BCUT2D eigenvalue weighted by Gasteiger charge is -2.39. The van der Waals surface area contributed by atoms with E-state index in [1.165, 1.54) is 19.3 Å². The van der Waals surface area contributed by atoms with Crippen molar-refractivity contribution in [2.24, 2.45) is 11.1 Å². The minimum atomic E-state index is -0.555. The summed E-state index contributed by atoms with van der Waals surface area (Å²) in [5.74, 6) is 0.0770. The highest BCUT2D eigenvalue weighted by Gasteiger charge is 2.39. The third-order valence-electron chi connectivity index (χ3n) is 4.18. The Morgan fingerprint density at radius 1 is 1.19 bits per heavy atom. The topological polar surface area (TPSA) is 55.1 Å². The van der Waals surface area contributed by atoms with Crippen LogP contribution in [0.3, 0.4) is 0 Å². The average molecular weight is 247 g/mol. The lowest BCUT2D eigenvalue weighted by Crippen LogP contribution is -2.54. The van der Waals surface area contributed by atoms with E-state index in [1.54, 1.807) is 0 Å². The Morgan fingerprint density at radius 2 is 1.75 bits per heavy atom. The summed E-state index contributed by atoms with van der Waals surface area (Å²) >= 11 is 0. The van der Waals surface area contributed by atoms with Gasteiger partial charge in [-0.3, -0.25) is 4.79 Å². The quantitative estimate of drug-likeness (QED) is 0.800. The maximum Gasteiger partial charge on any atom is 0.240 e. The lowest BCUT2D eigenvalue weighted by atomic mass is 9.70. The second-order valence-corrected chi connectivity index (χ2v) is 5.71. The molecule has 94 valence electrons. The van der Waals surface area contributed by atoms with Crippen LogP contribution in [0.1, 0.15) is 51.9 Å². The van der Waals surface area contributed by atoms with Gasteiger partial charge in [0.05, 0.1) is 5.54 Å². The summed E-state index contributed by atoms with van der Waals surface area (Å²) in [4.78, 5) is 11.9. The van der Waals surface area contributed by atoms with Gasteiger partial charge < -0.3 is 11.1 Å². The van der Waals surface area contributed by atoms with Crippen LogP contribution in [0, 0.1) is 5.41 Å². The van der Waals surface area contributed by atoms with Crippen LogP contribution in [0.4, 0.5) is 0 Å². The van der Waals surface area contributed by atoms with Gasteiger partial charge in [-0.05, 0) is 31.1 Å². The van der Waals surface area contributed by atoms with Gasteiger partial charge in [-0.2, -0.15) is 0 Å². The molecule has 1 amide bonds. The zero-order valence-corrected chi connectivity index (χ0v) is 10.9. The Morgan fingerprint density at radius 3 is 2.19 bits per heavy atom. The van der Waals surface area contributed by atoms with Gasteiger partial charge in [-0.1, -0.05) is 26.2 Å². The van der Waals surface area contributed by atoms with Gasteiger partial charge in [0.15, 0.2) is 0 Å². The first-order valence-electron chi connectivity index (χ1n) is 6.11. The van der Waals surface area contributed by atoms with E-state index in [9.17, 15) is 4.79 Å². The lowest BCUT2D eigenvalue weighted by molar-refractivity contribution is -0.127. The van der Waals surface area contributed by atoms with Crippen LogP contribution in [0.5, 0.6) is 0 Å². The zero-order chi connectivity index (χ0) is 10.9. The third-order valence-corrected chi connectivity index (χ3v) is 4.18. The van der Waals surface area contributed by atoms with E-state index in [2.05, 4.69) is 12.2 Å². The molecule has 0 aliphatic heterocycles. The van der Waals surface area contributed by atoms with Crippen LogP contribution in [0.2, 0.25) is 0 Å². The molecule has 0 saturated heterocycles. The van der Waals surface area contributed by atoms with Crippen LogP contribution in [-0.4, -0.2) is 18.0 Å². The predicted molar refractivity (Wildman–Crippen MR) is 67.6 cm³/mol. The predicted octanol–water partition coefficient (Wildman–Crippen LogP) is 1.99.